The van der Waals surface area contributed by atoms with E-state index >= 15 is 0 Å². The van der Waals surface area contributed by atoms with E-state index in [-0.39, 0.29) is 38.6 Å². The lowest BCUT2D eigenvalue weighted by molar-refractivity contribution is -1.02. The first-order valence-electron chi connectivity index (χ1n) is 10.8. The fourth-order valence-corrected chi connectivity index (χ4v) is 4.85. The molecule has 12 atom stereocenters. The molecule has 34 heavy (non-hydrogen) atoms. The van der Waals surface area contributed by atoms with Crippen molar-refractivity contribution in [2.75, 3.05) is 39.6 Å². The van der Waals surface area contributed by atoms with Gasteiger partial charge in [-0.25, -0.2) is 0 Å². The third-order valence-electron chi connectivity index (χ3n) is 6.57. The molecule has 0 aromatic rings. The molecule has 0 aromatic carbocycles. The second kappa shape index (κ2) is 8.99. The Hall–Kier alpha value is -1.28. The Kier molecular flexibility index (Phi) is 6.45. The van der Waals surface area contributed by atoms with E-state index in [1.165, 1.54) is 0 Å². The van der Waals surface area contributed by atoms with Crippen LogP contribution in [0, 0.1) is 4.91 Å². The minimum absolute atomic E-state index is 0.0754. The first-order valence-corrected chi connectivity index (χ1v) is 10.8. The molecular formula is C18H28NO15+. The van der Waals surface area contributed by atoms with Crippen LogP contribution in [0.25, 0.3) is 0 Å². The Balaban J connectivity index is 0.000000200. The number of rotatable bonds is 4. The summed E-state index contributed by atoms with van der Waals surface area (Å²) in [6.07, 6.45) is -7.43. The predicted molar refractivity (Wildman–Crippen MR) is 98.2 cm³/mol. The number of aliphatic hydroxyl groups excluding tert-OH is 4. The lowest BCUT2D eigenvalue weighted by Gasteiger charge is -2.22. The zero-order valence-electron chi connectivity index (χ0n) is 17.8. The lowest BCUT2D eigenvalue weighted by atomic mass is 10.1. The molecule has 6 aliphatic heterocycles. The molecule has 16 nitrogen and oxygen atoms in total. The summed E-state index contributed by atoms with van der Waals surface area (Å²) in [7, 11) is 0. The summed E-state index contributed by atoms with van der Waals surface area (Å²) in [5.41, 5.74) is 0. The number of aliphatic hydroxyl groups is 6. The van der Waals surface area contributed by atoms with Gasteiger partial charge in [-0.3, -0.25) is 0 Å². The molecule has 0 bridgehead atoms. The number of hydrogen-bond donors (Lipinski definition) is 6. The Labute approximate surface area is 191 Å². The molecule has 0 spiro atoms. The third-order valence-corrected chi connectivity index (χ3v) is 6.57. The normalized spacial score (nSPS) is 53.1. The molecule has 0 radical (unpaired) electrons. The SMILES string of the molecule is O=[N+](O[C@@]1(O)CO[C@@H]2[C@H](O)CO[C@@H]21)O[C@@]1(O)CO[C@@H]2[C@H](O)CO[C@@H]21.O[C@@H]1CO[C@H]2[C@@H]1OC[C@@H]2O. The second-order valence-electron chi connectivity index (χ2n) is 9.02. The molecule has 6 N–H and O–H groups in total. The van der Waals surface area contributed by atoms with Gasteiger partial charge in [0.25, 0.3) is 0 Å². The van der Waals surface area contributed by atoms with Crippen molar-refractivity contribution in [3.63, 3.8) is 0 Å². The molecule has 0 aromatic heterocycles. The molecule has 0 amide bonds. The summed E-state index contributed by atoms with van der Waals surface area (Å²) in [6, 6.07) is 0. The Bertz CT molecular complexity index is 714. The highest BCUT2D eigenvalue weighted by Gasteiger charge is 2.65. The van der Waals surface area contributed by atoms with E-state index < -0.39 is 78.7 Å². The molecule has 6 aliphatic rings. The maximum atomic E-state index is 11.9. The summed E-state index contributed by atoms with van der Waals surface area (Å²) >= 11 is 0. The zero-order valence-corrected chi connectivity index (χ0v) is 17.8. The molecule has 0 saturated carbocycles. The first-order chi connectivity index (χ1) is 16.1. The summed E-state index contributed by atoms with van der Waals surface area (Å²) < 4.78 is 30.8. The van der Waals surface area contributed by atoms with Gasteiger partial charge in [0.05, 0.1) is 26.4 Å². The molecule has 6 heterocycles. The van der Waals surface area contributed by atoms with Crippen LogP contribution in [0.2, 0.25) is 0 Å². The van der Waals surface area contributed by atoms with Crippen LogP contribution < -0.4 is 0 Å². The number of ether oxygens (including phenoxy) is 6. The Morgan fingerprint density at radius 3 is 1.35 bits per heavy atom. The number of fused-ring (bicyclic) bond motifs is 3. The van der Waals surface area contributed by atoms with E-state index in [0.29, 0.717) is 0 Å². The molecule has 0 aliphatic carbocycles. The highest BCUT2D eigenvalue weighted by atomic mass is 17.1. The van der Waals surface area contributed by atoms with Gasteiger partial charge in [-0.05, 0) is 0 Å². The van der Waals surface area contributed by atoms with Crippen LogP contribution in [0.3, 0.4) is 0 Å². The molecule has 194 valence electrons. The molecule has 6 rings (SSSR count). The highest BCUT2D eigenvalue weighted by molar-refractivity contribution is 5.00. The largest absolute Gasteiger partial charge is 0.483 e. The van der Waals surface area contributed by atoms with Crippen molar-refractivity contribution < 1.29 is 73.8 Å². The summed E-state index contributed by atoms with van der Waals surface area (Å²) in [5, 5.41) is 57.8. The Morgan fingerprint density at radius 2 is 0.941 bits per heavy atom. The maximum Gasteiger partial charge on any atom is 0.483 e. The smallest absolute Gasteiger partial charge is 0.388 e. The van der Waals surface area contributed by atoms with Crippen LogP contribution in [0.1, 0.15) is 0 Å². The second-order valence-corrected chi connectivity index (χ2v) is 9.02. The maximum absolute atomic E-state index is 11.9. The van der Waals surface area contributed by atoms with Crippen LogP contribution in [0.5, 0.6) is 0 Å². The van der Waals surface area contributed by atoms with Crippen LogP contribution in [0.4, 0.5) is 0 Å². The van der Waals surface area contributed by atoms with Crippen molar-refractivity contribution in [2.24, 2.45) is 0 Å². The van der Waals surface area contributed by atoms with Gasteiger partial charge in [0.15, 0.2) is 12.2 Å². The van der Waals surface area contributed by atoms with E-state index in [0.717, 1.165) is 0 Å². The average molecular weight is 498 g/mol. The molecular weight excluding hydrogens is 470 g/mol. The van der Waals surface area contributed by atoms with Gasteiger partial charge in [-0.15, -0.1) is 9.68 Å². The van der Waals surface area contributed by atoms with E-state index in [4.69, 9.17) is 48.3 Å². The van der Waals surface area contributed by atoms with Crippen molar-refractivity contribution in [2.45, 2.75) is 72.6 Å². The van der Waals surface area contributed by atoms with Gasteiger partial charge < -0.3 is 59.1 Å². The molecule has 6 fully saturated rings. The average Bonchev–Trinajstić information content (AvgIpc) is 3.58. The lowest BCUT2D eigenvalue weighted by Crippen LogP contribution is -2.52. The van der Waals surface area contributed by atoms with Crippen molar-refractivity contribution in [1.29, 1.82) is 0 Å². The monoisotopic (exact) mass is 498 g/mol. The quantitative estimate of drug-likeness (QED) is 0.158. The van der Waals surface area contributed by atoms with Crippen molar-refractivity contribution in [3.05, 3.63) is 4.91 Å². The molecule has 16 heteroatoms. The fraction of sp³-hybridized carbons (Fsp3) is 1.00. The van der Waals surface area contributed by atoms with Gasteiger partial charge in [-0.2, -0.15) is 0 Å². The van der Waals surface area contributed by atoms with E-state index in [9.17, 15) is 25.3 Å². The third kappa shape index (κ3) is 4.16. The molecule has 6 saturated heterocycles. The van der Waals surface area contributed by atoms with Crippen LogP contribution in [-0.4, -0.2) is 148 Å². The topological polar surface area (TPSA) is 215 Å². The minimum atomic E-state index is -2.19. The fourth-order valence-electron chi connectivity index (χ4n) is 4.85. The van der Waals surface area contributed by atoms with E-state index in [1.807, 2.05) is 0 Å². The summed E-state index contributed by atoms with van der Waals surface area (Å²) in [5.74, 6) is -4.37. The van der Waals surface area contributed by atoms with Crippen LogP contribution >= 0.6 is 0 Å². The Morgan fingerprint density at radius 1 is 0.588 bits per heavy atom. The number of hydrogen-bond acceptors (Lipinski definition) is 15. The minimum Gasteiger partial charge on any atom is -0.388 e. The van der Waals surface area contributed by atoms with Gasteiger partial charge in [0, 0.05) is 0 Å². The standard InChI is InChI=1S/C12H18NO11.C6H10O4/c14-5-1-19-9-7(5)21-3-11(9,16)23-13(18)24-12(17)4-22-8-6(15)2-20-10(8)12;7-3-1-9-6-4(8)2-10-5(3)6/h5-10,14-17H,1-4H2;3-8H,1-2H2/q+1;/t5-,6-,7-,8-,9+,10+,11+,12+;3-,4+,5-,6-/m11/s1. The summed E-state index contributed by atoms with van der Waals surface area (Å²) in [4.78, 5) is 21.5. The van der Waals surface area contributed by atoms with E-state index in [2.05, 4.69) is 0 Å². The van der Waals surface area contributed by atoms with Crippen LogP contribution in [-0.2, 0) is 38.1 Å². The van der Waals surface area contributed by atoms with Gasteiger partial charge >= 0.3 is 16.7 Å². The van der Waals surface area contributed by atoms with Gasteiger partial charge in [-0.1, -0.05) is 0 Å². The van der Waals surface area contributed by atoms with Crippen molar-refractivity contribution in [3.8, 4) is 0 Å². The van der Waals surface area contributed by atoms with Crippen LogP contribution in [0.15, 0.2) is 0 Å². The van der Waals surface area contributed by atoms with E-state index in [1.54, 1.807) is 0 Å². The van der Waals surface area contributed by atoms with Crippen molar-refractivity contribution in [1.82, 2.24) is 0 Å². The highest BCUT2D eigenvalue weighted by Crippen LogP contribution is 2.38. The first kappa shape index (κ1) is 24.4. The van der Waals surface area contributed by atoms with Gasteiger partial charge in [0.2, 0.25) is 0 Å². The molecule has 0 unspecified atom stereocenters. The summed E-state index contributed by atoms with van der Waals surface area (Å²) in [6.45, 7) is -0.448. The van der Waals surface area contributed by atoms with Crippen molar-refractivity contribution >= 4 is 0 Å². The predicted octanol–water partition coefficient (Wildman–Crippen LogP) is -5.17. The zero-order chi connectivity index (χ0) is 24.3. The number of nitrogens with zero attached hydrogens (tertiary/aromatic N) is 1. The van der Waals surface area contributed by atoms with Gasteiger partial charge in [0.1, 0.15) is 67.0 Å².